The molecule has 0 amide bonds. The van der Waals surface area contributed by atoms with Crippen molar-refractivity contribution < 1.29 is 0 Å². The molecule has 0 aliphatic carbocycles. The Morgan fingerprint density at radius 3 is 2.64 bits per heavy atom. The Labute approximate surface area is 89.1 Å². The van der Waals surface area contributed by atoms with E-state index in [-0.39, 0.29) is 0 Å². The zero-order valence-corrected chi connectivity index (χ0v) is 10.4. The van der Waals surface area contributed by atoms with Gasteiger partial charge < -0.3 is 5.32 Å². The van der Waals surface area contributed by atoms with Gasteiger partial charge in [-0.3, -0.25) is 4.90 Å². The molecule has 2 heteroatoms. The number of nitrogens with one attached hydrogen (secondary N) is 1. The summed E-state index contributed by atoms with van der Waals surface area (Å²) in [7, 11) is 0. The van der Waals surface area contributed by atoms with E-state index in [9.17, 15) is 0 Å². The van der Waals surface area contributed by atoms with E-state index in [0.717, 1.165) is 12.5 Å². The van der Waals surface area contributed by atoms with Crippen molar-refractivity contribution >= 4 is 0 Å². The lowest BCUT2D eigenvalue weighted by atomic mass is 10.0. The van der Waals surface area contributed by atoms with Crippen molar-refractivity contribution in [3.63, 3.8) is 0 Å². The summed E-state index contributed by atoms with van der Waals surface area (Å²) >= 11 is 0. The molecule has 1 heterocycles. The predicted molar refractivity (Wildman–Crippen MR) is 62.6 cm³/mol. The van der Waals surface area contributed by atoms with Crippen molar-refractivity contribution in [2.24, 2.45) is 5.92 Å². The second-order valence-corrected chi connectivity index (χ2v) is 5.72. The van der Waals surface area contributed by atoms with Crippen molar-refractivity contribution in [3.05, 3.63) is 0 Å². The summed E-state index contributed by atoms with van der Waals surface area (Å²) in [5.74, 6) is 0.766. The fraction of sp³-hybridized carbons (Fsp3) is 1.00. The first-order valence-electron chi connectivity index (χ1n) is 5.90. The maximum absolute atomic E-state index is 3.60. The summed E-state index contributed by atoms with van der Waals surface area (Å²) in [6.45, 7) is 15.2. The van der Waals surface area contributed by atoms with E-state index in [4.69, 9.17) is 0 Å². The molecule has 14 heavy (non-hydrogen) atoms. The second kappa shape index (κ2) is 4.63. The monoisotopic (exact) mass is 198 g/mol. The highest BCUT2D eigenvalue weighted by Gasteiger charge is 2.29. The Balaban J connectivity index is 2.60. The van der Waals surface area contributed by atoms with Crippen LogP contribution in [0.15, 0.2) is 0 Å². The standard InChI is InChI=1S/C12H26N2/c1-10(2)8-14-7-6-11(3)13-9-12(14,4)5/h10-11,13H,6-9H2,1-5H3. The highest BCUT2D eigenvalue weighted by Crippen LogP contribution is 2.19. The molecule has 1 saturated heterocycles. The van der Waals surface area contributed by atoms with Crippen LogP contribution in [0.3, 0.4) is 0 Å². The molecular weight excluding hydrogens is 172 g/mol. The van der Waals surface area contributed by atoms with E-state index >= 15 is 0 Å². The van der Waals surface area contributed by atoms with Crippen LogP contribution in [-0.4, -0.2) is 36.1 Å². The van der Waals surface area contributed by atoms with E-state index in [1.807, 2.05) is 0 Å². The van der Waals surface area contributed by atoms with Crippen LogP contribution in [0.1, 0.15) is 41.0 Å². The number of rotatable bonds is 2. The number of hydrogen-bond donors (Lipinski definition) is 1. The number of nitrogens with zero attached hydrogens (tertiary/aromatic N) is 1. The maximum atomic E-state index is 3.60. The molecule has 84 valence electrons. The van der Waals surface area contributed by atoms with Crippen molar-refractivity contribution in [2.75, 3.05) is 19.6 Å². The Bertz CT molecular complexity index is 175. The van der Waals surface area contributed by atoms with Crippen molar-refractivity contribution in [1.29, 1.82) is 0 Å². The zero-order valence-electron chi connectivity index (χ0n) is 10.4. The van der Waals surface area contributed by atoms with Gasteiger partial charge in [0.25, 0.3) is 0 Å². The third kappa shape index (κ3) is 3.25. The minimum atomic E-state index is 0.315. The maximum Gasteiger partial charge on any atom is 0.0277 e. The number of hydrogen-bond acceptors (Lipinski definition) is 2. The van der Waals surface area contributed by atoms with Gasteiger partial charge in [-0.25, -0.2) is 0 Å². The molecule has 0 aromatic heterocycles. The van der Waals surface area contributed by atoms with E-state index in [1.54, 1.807) is 0 Å². The van der Waals surface area contributed by atoms with Gasteiger partial charge >= 0.3 is 0 Å². The van der Waals surface area contributed by atoms with Gasteiger partial charge in [0.05, 0.1) is 0 Å². The van der Waals surface area contributed by atoms with Crippen molar-refractivity contribution in [2.45, 2.75) is 52.6 Å². The lowest BCUT2D eigenvalue weighted by Gasteiger charge is -2.38. The summed E-state index contributed by atoms with van der Waals surface area (Å²) < 4.78 is 0. The van der Waals surface area contributed by atoms with Crippen molar-refractivity contribution in [1.82, 2.24) is 10.2 Å². The van der Waals surface area contributed by atoms with Gasteiger partial charge in [-0.15, -0.1) is 0 Å². The Morgan fingerprint density at radius 1 is 1.43 bits per heavy atom. The summed E-state index contributed by atoms with van der Waals surface area (Å²) in [5, 5.41) is 3.60. The minimum Gasteiger partial charge on any atom is -0.312 e. The van der Waals surface area contributed by atoms with Crippen LogP contribution in [0.4, 0.5) is 0 Å². The third-order valence-electron chi connectivity index (χ3n) is 3.16. The smallest absolute Gasteiger partial charge is 0.0277 e. The van der Waals surface area contributed by atoms with Crippen LogP contribution >= 0.6 is 0 Å². The molecule has 0 saturated carbocycles. The topological polar surface area (TPSA) is 15.3 Å². The van der Waals surface area contributed by atoms with Crippen molar-refractivity contribution in [3.8, 4) is 0 Å². The summed E-state index contributed by atoms with van der Waals surface area (Å²) in [6.07, 6.45) is 1.27. The minimum absolute atomic E-state index is 0.315. The Hall–Kier alpha value is -0.0800. The van der Waals surface area contributed by atoms with Gasteiger partial charge in [0.1, 0.15) is 0 Å². The summed E-state index contributed by atoms with van der Waals surface area (Å²) in [6, 6.07) is 0.673. The molecule has 1 N–H and O–H groups in total. The first-order chi connectivity index (χ1) is 6.42. The molecule has 1 aliphatic heterocycles. The van der Waals surface area contributed by atoms with Gasteiger partial charge in [-0.05, 0) is 33.1 Å². The van der Waals surface area contributed by atoms with E-state index in [2.05, 4.69) is 44.8 Å². The normalized spacial score (nSPS) is 29.1. The molecule has 0 aromatic rings. The van der Waals surface area contributed by atoms with Gasteiger partial charge in [0.2, 0.25) is 0 Å². The van der Waals surface area contributed by atoms with E-state index < -0.39 is 0 Å². The molecule has 1 rings (SSSR count). The molecule has 1 atom stereocenters. The fourth-order valence-corrected chi connectivity index (χ4v) is 2.07. The molecule has 0 spiro atoms. The van der Waals surface area contributed by atoms with E-state index in [0.29, 0.717) is 11.6 Å². The highest BCUT2D eigenvalue weighted by molar-refractivity contribution is 4.88. The van der Waals surface area contributed by atoms with Crippen LogP contribution < -0.4 is 5.32 Å². The van der Waals surface area contributed by atoms with Gasteiger partial charge in [-0.2, -0.15) is 0 Å². The van der Waals surface area contributed by atoms with Gasteiger partial charge in [0.15, 0.2) is 0 Å². The molecular formula is C12H26N2. The average molecular weight is 198 g/mol. The zero-order chi connectivity index (χ0) is 10.8. The molecule has 0 aromatic carbocycles. The van der Waals surface area contributed by atoms with E-state index in [1.165, 1.54) is 19.5 Å². The lowest BCUT2D eigenvalue weighted by molar-refractivity contribution is 0.117. The molecule has 0 bridgehead atoms. The lowest BCUT2D eigenvalue weighted by Crippen LogP contribution is -2.50. The summed E-state index contributed by atoms with van der Waals surface area (Å²) in [4.78, 5) is 2.63. The largest absolute Gasteiger partial charge is 0.312 e. The quantitative estimate of drug-likeness (QED) is 0.731. The second-order valence-electron chi connectivity index (χ2n) is 5.72. The van der Waals surface area contributed by atoms with Gasteiger partial charge in [0, 0.05) is 31.2 Å². The predicted octanol–water partition coefficient (Wildman–Crippen LogP) is 2.10. The molecule has 1 unspecified atom stereocenters. The molecule has 1 fully saturated rings. The highest BCUT2D eigenvalue weighted by atomic mass is 15.2. The van der Waals surface area contributed by atoms with Crippen LogP contribution in [0, 0.1) is 5.92 Å². The van der Waals surface area contributed by atoms with Crippen LogP contribution in [0.5, 0.6) is 0 Å². The first-order valence-corrected chi connectivity index (χ1v) is 5.90. The van der Waals surface area contributed by atoms with Crippen LogP contribution in [-0.2, 0) is 0 Å². The summed E-state index contributed by atoms with van der Waals surface area (Å²) in [5.41, 5.74) is 0.315. The Kier molecular flexibility index (Phi) is 3.96. The molecule has 2 nitrogen and oxygen atoms in total. The molecule has 0 radical (unpaired) electrons. The molecule has 1 aliphatic rings. The third-order valence-corrected chi connectivity index (χ3v) is 3.16. The van der Waals surface area contributed by atoms with Crippen LogP contribution in [0.25, 0.3) is 0 Å². The SMILES string of the molecule is CC(C)CN1CCC(C)NCC1(C)C. The van der Waals surface area contributed by atoms with Crippen LogP contribution in [0.2, 0.25) is 0 Å². The first kappa shape index (κ1) is 12.0. The Morgan fingerprint density at radius 2 is 2.07 bits per heavy atom. The fourth-order valence-electron chi connectivity index (χ4n) is 2.07. The van der Waals surface area contributed by atoms with Gasteiger partial charge in [-0.1, -0.05) is 13.8 Å². The average Bonchev–Trinajstić information content (AvgIpc) is 2.17.